The van der Waals surface area contributed by atoms with Gasteiger partial charge in [-0.2, -0.15) is 5.26 Å². The quantitative estimate of drug-likeness (QED) is 0.647. The fourth-order valence-corrected chi connectivity index (χ4v) is 5.39. The number of ether oxygens (including phenoxy) is 1. The van der Waals surface area contributed by atoms with Gasteiger partial charge in [-0.1, -0.05) is 36.2 Å². The van der Waals surface area contributed by atoms with Crippen molar-refractivity contribution in [1.29, 1.82) is 5.26 Å². The van der Waals surface area contributed by atoms with Crippen LogP contribution in [0.4, 0.5) is 5.82 Å². The molecule has 2 saturated heterocycles. The van der Waals surface area contributed by atoms with Gasteiger partial charge in [-0.3, -0.25) is 4.79 Å². The largest absolute Gasteiger partial charge is 0.360 e. The van der Waals surface area contributed by atoms with Crippen LogP contribution >= 0.6 is 23.2 Å². The van der Waals surface area contributed by atoms with E-state index in [4.69, 9.17) is 33.2 Å². The maximum absolute atomic E-state index is 13.1. The average molecular weight is 471 g/mol. The minimum Gasteiger partial charge on any atom is -0.360 e. The molecule has 8 heteroatoms. The van der Waals surface area contributed by atoms with Crippen LogP contribution in [0.3, 0.4) is 0 Å². The van der Waals surface area contributed by atoms with Crippen molar-refractivity contribution in [2.75, 3.05) is 24.6 Å². The summed E-state index contributed by atoms with van der Waals surface area (Å²) in [5.41, 5.74) is 1.10. The highest BCUT2D eigenvalue weighted by atomic mass is 35.5. The second kappa shape index (κ2) is 8.22. The number of pyridine rings is 1. The van der Waals surface area contributed by atoms with E-state index in [1.807, 2.05) is 23.1 Å². The number of likely N-dealkylation sites (tertiary alicyclic amines) is 1. The number of aromatic nitrogens is 1. The van der Waals surface area contributed by atoms with E-state index in [0.29, 0.717) is 34.6 Å². The number of nitrogens with zero attached hydrogens (tertiary/aromatic N) is 4. The van der Waals surface area contributed by atoms with E-state index in [-0.39, 0.29) is 24.6 Å². The molecule has 1 amide bonds. The molecular weight excluding hydrogens is 447 g/mol. The molecule has 2 aromatic rings. The van der Waals surface area contributed by atoms with Crippen LogP contribution in [-0.2, 0) is 15.1 Å². The van der Waals surface area contributed by atoms with Crippen LogP contribution < -0.4 is 4.90 Å². The topological polar surface area (TPSA) is 69.5 Å². The molecular formula is C24H24Cl2N4O2. The van der Waals surface area contributed by atoms with E-state index in [1.54, 1.807) is 18.3 Å². The summed E-state index contributed by atoms with van der Waals surface area (Å²) in [5, 5.41) is 10.1. The van der Waals surface area contributed by atoms with Crippen molar-refractivity contribution in [3.63, 3.8) is 0 Å². The molecule has 0 spiro atoms. The molecule has 5 rings (SSSR count). The number of fused-ring (bicyclic) bond motifs is 2. The van der Waals surface area contributed by atoms with Crippen molar-refractivity contribution in [3.8, 4) is 6.07 Å². The molecule has 3 atom stereocenters. The number of carbonyl (C=O) groups excluding carboxylic acids is 1. The lowest BCUT2D eigenvalue weighted by molar-refractivity contribution is -0.140. The number of hydrogen-bond donors (Lipinski definition) is 0. The molecule has 1 aromatic heterocycles. The highest BCUT2D eigenvalue weighted by Gasteiger charge is 2.48. The zero-order valence-corrected chi connectivity index (χ0v) is 19.3. The number of amides is 1. The average Bonchev–Trinajstić information content (AvgIpc) is 3.56. The maximum atomic E-state index is 13.1. The Morgan fingerprint density at radius 2 is 2.06 bits per heavy atom. The third-order valence-corrected chi connectivity index (χ3v) is 7.74. The Hall–Kier alpha value is -2.33. The molecule has 0 N–H and O–H groups in total. The SMILES string of the molecule is C[C@H]1CC2CN(C(=O)COC3(c4ccc(Cl)c(Cl)c4)CC3)CC1N2c1ccc(C#N)cn1. The number of anilines is 1. The summed E-state index contributed by atoms with van der Waals surface area (Å²) in [4.78, 5) is 21.8. The van der Waals surface area contributed by atoms with Crippen molar-refractivity contribution in [2.45, 2.75) is 43.9 Å². The highest BCUT2D eigenvalue weighted by Crippen LogP contribution is 2.50. The molecule has 0 radical (unpaired) electrons. The molecule has 2 bridgehead atoms. The predicted molar refractivity (Wildman–Crippen MR) is 123 cm³/mol. The first-order chi connectivity index (χ1) is 15.4. The molecule has 2 aliphatic heterocycles. The summed E-state index contributed by atoms with van der Waals surface area (Å²) in [6.07, 6.45) is 4.38. The number of halogens is 2. The minimum absolute atomic E-state index is 0.0212. The summed E-state index contributed by atoms with van der Waals surface area (Å²) in [5.74, 6) is 1.36. The standard InChI is InChI=1S/C24H24Cl2N4O2/c1-15-8-18-12-29(13-21(15)30(18)22-5-2-16(10-27)11-28-22)23(31)14-32-24(6-7-24)17-3-4-19(25)20(26)9-17/h2-5,9,11,15,18,21H,6-8,12-14H2,1H3/t15-,18?,21?/m0/s1. The number of benzene rings is 1. The van der Waals surface area contributed by atoms with Gasteiger partial charge in [0.25, 0.3) is 0 Å². The van der Waals surface area contributed by atoms with Crippen molar-refractivity contribution >= 4 is 34.9 Å². The van der Waals surface area contributed by atoms with Gasteiger partial charge in [0.05, 0.1) is 27.3 Å². The lowest BCUT2D eigenvalue weighted by Crippen LogP contribution is -2.57. The number of piperazine rings is 1. The Balaban J connectivity index is 1.24. The van der Waals surface area contributed by atoms with Crippen molar-refractivity contribution in [3.05, 3.63) is 57.7 Å². The molecule has 3 aliphatic rings. The minimum atomic E-state index is -0.426. The van der Waals surface area contributed by atoms with Crippen LogP contribution in [0.1, 0.15) is 37.3 Å². The molecule has 2 unspecified atom stereocenters. The van der Waals surface area contributed by atoms with Gasteiger partial charge >= 0.3 is 0 Å². The van der Waals surface area contributed by atoms with E-state index in [2.05, 4.69) is 22.9 Å². The second-order valence-electron chi connectivity index (χ2n) is 9.07. The van der Waals surface area contributed by atoms with E-state index in [1.165, 1.54) is 0 Å². The highest BCUT2D eigenvalue weighted by molar-refractivity contribution is 6.42. The van der Waals surface area contributed by atoms with Gasteiger partial charge < -0.3 is 14.5 Å². The summed E-state index contributed by atoms with van der Waals surface area (Å²) >= 11 is 12.2. The second-order valence-corrected chi connectivity index (χ2v) is 9.88. The number of carbonyl (C=O) groups is 1. The number of hydrogen-bond acceptors (Lipinski definition) is 5. The van der Waals surface area contributed by atoms with Gasteiger partial charge in [-0.05, 0) is 55.0 Å². The summed E-state index contributed by atoms with van der Waals surface area (Å²) in [6, 6.07) is 11.8. The van der Waals surface area contributed by atoms with Crippen LogP contribution in [0.15, 0.2) is 36.5 Å². The van der Waals surface area contributed by atoms with E-state index < -0.39 is 5.60 Å². The zero-order chi connectivity index (χ0) is 22.5. The van der Waals surface area contributed by atoms with Crippen LogP contribution in [0.25, 0.3) is 0 Å². The molecule has 1 aromatic carbocycles. The van der Waals surface area contributed by atoms with Gasteiger partial charge in [0.15, 0.2) is 0 Å². The third kappa shape index (κ3) is 3.83. The van der Waals surface area contributed by atoms with Crippen LogP contribution in [0, 0.1) is 17.2 Å². The van der Waals surface area contributed by atoms with Crippen molar-refractivity contribution < 1.29 is 9.53 Å². The Kier molecular flexibility index (Phi) is 5.53. The van der Waals surface area contributed by atoms with E-state index in [9.17, 15) is 4.79 Å². The van der Waals surface area contributed by atoms with Crippen LogP contribution in [0.5, 0.6) is 0 Å². The first-order valence-corrected chi connectivity index (χ1v) is 11.7. The zero-order valence-electron chi connectivity index (χ0n) is 17.8. The van der Waals surface area contributed by atoms with Gasteiger partial charge in [0.2, 0.25) is 5.91 Å². The van der Waals surface area contributed by atoms with Gasteiger partial charge in [-0.15, -0.1) is 0 Å². The first-order valence-electron chi connectivity index (χ1n) is 10.9. The lowest BCUT2D eigenvalue weighted by Gasteiger charge is -2.42. The van der Waals surface area contributed by atoms with Gasteiger partial charge in [-0.25, -0.2) is 4.98 Å². The van der Waals surface area contributed by atoms with Crippen molar-refractivity contribution in [2.24, 2.45) is 5.92 Å². The van der Waals surface area contributed by atoms with Crippen LogP contribution in [0.2, 0.25) is 10.0 Å². The fourth-order valence-electron chi connectivity index (χ4n) is 5.10. The summed E-state index contributed by atoms with van der Waals surface area (Å²) < 4.78 is 6.14. The van der Waals surface area contributed by atoms with Gasteiger partial charge in [0.1, 0.15) is 18.5 Å². The Labute approximate surface area is 197 Å². The Morgan fingerprint density at radius 1 is 1.25 bits per heavy atom. The van der Waals surface area contributed by atoms with E-state index >= 15 is 0 Å². The third-order valence-electron chi connectivity index (χ3n) is 7.01. The molecule has 3 fully saturated rings. The molecule has 1 saturated carbocycles. The number of rotatable bonds is 5. The normalized spacial score (nSPS) is 25.5. The fraction of sp³-hybridized carbons (Fsp3) is 0.458. The lowest BCUT2D eigenvalue weighted by atomic mass is 10.0. The molecule has 166 valence electrons. The molecule has 1 aliphatic carbocycles. The molecule has 32 heavy (non-hydrogen) atoms. The smallest absolute Gasteiger partial charge is 0.248 e. The van der Waals surface area contributed by atoms with Gasteiger partial charge in [0, 0.05) is 25.3 Å². The maximum Gasteiger partial charge on any atom is 0.248 e. The first kappa shape index (κ1) is 21.5. The van der Waals surface area contributed by atoms with Crippen molar-refractivity contribution in [1.82, 2.24) is 9.88 Å². The summed E-state index contributed by atoms with van der Waals surface area (Å²) in [6.45, 7) is 3.60. The Morgan fingerprint density at radius 3 is 2.69 bits per heavy atom. The Bertz CT molecular complexity index is 1080. The van der Waals surface area contributed by atoms with Crippen LogP contribution in [-0.4, -0.2) is 47.6 Å². The predicted octanol–water partition coefficient (Wildman–Crippen LogP) is 4.39. The van der Waals surface area contributed by atoms with E-state index in [0.717, 1.165) is 30.6 Å². The monoisotopic (exact) mass is 470 g/mol. The molecule has 3 heterocycles. The number of nitriles is 1. The molecule has 6 nitrogen and oxygen atoms in total. The summed E-state index contributed by atoms with van der Waals surface area (Å²) in [7, 11) is 0.